The van der Waals surface area contributed by atoms with Crippen LogP contribution in [-0.2, 0) is 33.2 Å². The molecule has 0 amide bonds. The SMILES string of the molecule is CC1O[C@@H](OC2C(O[C@@H]3OC(CO)[C@@H](O)C(O)C3O)[C@H](O)C(CO)O[C@H]2O[C@]23CC[C@@H]4[C@](CCC5[C@](C)(C(=O)O)CCC[C@]54C)(CC2)[C@H]3C)C(O)C(O)[C@H]1O. The summed E-state index contributed by atoms with van der Waals surface area (Å²) in [5, 5.41) is 106. The second-order valence-corrected chi connectivity index (χ2v) is 18.2. The third-order valence-corrected chi connectivity index (χ3v) is 15.8. The summed E-state index contributed by atoms with van der Waals surface area (Å²) in [4.78, 5) is 12.7. The van der Waals surface area contributed by atoms with Gasteiger partial charge in [-0.1, -0.05) is 20.3 Å². The van der Waals surface area contributed by atoms with Gasteiger partial charge in [-0.05, 0) is 93.8 Å². The van der Waals surface area contributed by atoms with Gasteiger partial charge in [0, 0.05) is 0 Å². The molecule has 316 valence electrons. The second-order valence-electron chi connectivity index (χ2n) is 18.2. The molecule has 3 aliphatic heterocycles. The lowest BCUT2D eigenvalue weighted by atomic mass is 9.39. The van der Waals surface area contributed by atoms with E-state index < -0.39 is 122 Å². The van der Waals surface area contributed by atoms with E-state index in [9.17, 15) is 55.9 Å². The summed E-state index contributed by atoms with van der Waals surface area (Å²) in [6.07, 6.45) is -16.7. The predicted octanol–water partition coefficient (Wildman–Crippen LogP) is -1.26. The van der Waals surface area contributed by atoms with Crippen LogP contribution < -0.4 is 0 Å². The minimum atomic E-state index is -1.86. The van der Waals surface area contributed by atoms with Gasteiger partial charge >= 0.3 is 5.97 Å². The summed E-state index contributed by atoms with van der Waals surface area (Å²) in [7, 11) is 0. The number of fused-ring (bicyclic) bond motifs is 3. The topological polar surface area (TPSA) is 275 Å². The van der Waals surface area contributed by atoms with Crippen molar-refractivity contribution in [2.24, 2.45) is 34.0 Å². The molecule has 0 aromatic heterocycles. The van der Waals surface area contributed by atoms with E-state index in [0.717, 1.165) is 38.5 Å². The van der Waals surface area contributed by atoms with Gasteiger partial charge in [-0.2, -0.15) is 0 Å². The quantitative estimate of drug-likeness (QED) is 0.122. The van der Waals surface area contributed by atoms with Gasteiger partial charge in [-0.3, -0.25) is 4.79 Å². The molecular formula is C38H62O17. The van der Waals surface area contributed by atoms with Crippen molar-refractivity contribution in [3.05, 3.63) is 0 Å². The first-order valence-electron chi connectivity index (χ1n) is 20.1. The van der Waals surface area contributed by atoms with Crippen molar-refractivity contribution in [2.75, 3.05) is 13.2 Å². The Labute approximate surface area is 320 Å². The smallest absolute Gasteiger partial charge is 0.309 e. The van der Waals surface area contributed by atoms with Crippen molar-refractivity contribution in [3.63, 3.8) is 0 Å². The average molecular weight is 791 g/mol. The molecule has 7 rings (SSSR count). The largest absolute Gasteiger partial charge is 0.481 e. The highest BCUT2D eigenvalue weighted by Gasteiger charge is 2.71. The van der Waals surface area contributed by atoms with Crippen LogP contribution in [0.2, 0.25) is 0 Å². The highest BCUT2D eigenvalue weighted by molar-refractivity contribution is 5.75. The maximum absolute atomic E-state index is 12.7. The average Bonchev–Trinajstić information content (AvgIpc) is 3.29. The molecule has 22 atom stereocenters. The molecule has 10 unspecified atom stereocenters. The Morgan fingerprint density at radius 3 is 1.87 bits per heavy atom. The van der Waals surface area contributed by atoms with Gasteiger partial charge in [0.1, 0.15) is 67.1 Å². The van der Waals surface area contributed by atoms with Crippen molar-refractivity contribution in [3.8, 4) is 0 Å². The fourth-order valence-electron chi connectivity index (χ4n) is 12.5. The van der Waals surface area contributed by atoms with Gasteiger partial charge in [0.25, 0.3) is 0 Å². The zero-order valence-corrected chi connectivity index (χ0v) is 32.0. The number of carboxylic acid groups (broad SMARTS) is 1. The van der Waals surface area contributed by atoms with Crippen molar-refractivity contribution < 1.29 is 84.3 Å². The van der Waals surface area contributed by atoms with E-state index in [1.807, 2.05) is 6.92 Å². The first-order chi connectivity index (χ1) is 25.9. The Kier molecular flexibility index (Phi) is 11.6. The Balaban J connectivity index is 1.21. The molecule has 7 fully saturated rings. The molecule has 4 saturated carbocycles. The molecule has 7 aliphatic rings. The number of carboxylic acids is 1. The number of hydrogen-bond acceptors (Lipinski definition) is 16. The van der Waals surface area contributed by atoms with E-state index in [1.54, 1.807) is 0 Å². The van der Waals surface area contributed by atoms with Crippen LogP contribution in [0.4, 0.5) is 0 Å². The first kappa shape index (κ1) is 42.0. The zero-order chi connectivity index (χ0) is 40.0. The normalized spacial score (nSPS) is 56.7. The molecule has 17 heteroatoms. The molecule has 3 heterocycles. The van der Waals surface area contributed by atoms with Crippen molar-refractivity contribution in [1.29, 1.82) is 0 Å². The van der Waals surface area contributed by atoms with Crippen molar-refractivity contribution in [1.82, 2.24) is 0 Å². The fourth-order valence-corrected chi connectivity index (χ4v) is 12.5. The number of ether oxygens (including phenoxy) is 6. The van der Waals surface area contributed by atoms with Crippen LogP contribution in [-0.4, -0.2) is 168 Å². The van der Waals surface area contributed by atoms with Crippen LogP contribution in [0.5, 0.6) is 0 Å². The van der Waals surface area contributed by atoms with Crippen LogP contribution in [0, 0.1) is 34.0 Å². The van der Waals surface area contributed by atoms with Crippen LogP contribution in [0.25, 0.3) is 0 Å². The minimum absolute atomic E-state index is 0.0351. The van der Waals surface area contributed by atoms with Gasteiger partial charge < -0.3 is 79.5 Å². The van der Waals surface area contributed by atoms with Crippen molar-refractivity contribution in [2.45, 2.75) is 183 Å². The standard InChI is InChI=1S/C38H62O17/c1-16-22(41)25(44)27(46)31(50-16)54-30-29(53-32-28(47)26(45)23(42)18(14-39)51-32)24(43)19(15-40)52-33(30)55-38-11-7-21-35(3)8-5-9-36(4,34(48)49)20(35)6-10-37(21,12-13-38)17(38)2/h16-33,39-47H,5-15H2,1-4H3,(H,48,49)/t16?,17-,18?,19?,20?,21+,22+,23-,24-,25?,26?,27?,28?,29?,30?,31+,32+,33+,35-,36-,37-,38-/m1/s1. The third-order valence-electron chi connectivity index (χ3n) is 15.8. The minimum Gasteiger partial charge on any atom is -0.481 e. The fraction of sp³-hybridized carbons (Fsp3) is 0.974. The first-order valence-corrected chi connectivity index (χ1v) is 20.1. The second kappa shape index (κ2) is 15.2. The lowest BCUT2D eigenvalue weighted by Crippen LogP contribution is -2.68. The van der Waals surface area contributed by atoms with E-state index in [1.165, 1.54) is 6.92 Å². The van der Waals surface area contributed by atoms with Gasteiger partial charge in [0.05, 0.1) is 30.3 Å². The Morgan fingerprint density at radius 1 is 0.636 bits per heavy atom. The summed E-state index contributed by atoms with van der Waals surface area (Å²) < 4.78 is 37.1. The number of rotatable bonds is 9. The van der Waals surface area contributed by atoms with Crippen LogP contribution in [0.1, 0.15) is 85.5 Å². The maximum Gasteiger partial charge on any atom is 0.309 e. The number of hydrogen-bond donors (Lipinski definition) is 10. The number of aliphatic carboxylic acids is 1. The van der Waals surface area contributed by atoms with Crippen LogP contribution in [0.3, 0.4) is 0 Å². The molecule has 17 nitrogen and oxygen atoms in total. The van der Waals surface area contributed by atoms with E-state index in [0.29, 0.717) is 19.3 Å². The van der Waals surface area contributed by atoms with E-state index in [-0.39, 0.29) is 28.6 Å². The third kappa shape index (κ3) is 6.52. The molecule has 0 radical (unpaired) electrons. The predicted molar refractivity (Wildman–Crippen MR) is 185 cm³/mol. The Hall–Kier alpha value is -1.13. The van der Waals surface area contributed by atoms with E-state index >= 15 is 0 Å². The molecule has 0 aromatic carbocycles. The number of aliphatic hydroxyl groups is 9. The Morgan fingerprint density at radius 2 is 1.22 bits per heavy atom. The van der Waals surface area contributed by atoms with Gasteiger partial charge in [-0.15, -0.1) is 0 Å². The van der Waals surface area contributed by atoms with Crippen LogP contribution >= 0.6 is 0 Å². The molecule has 3 saturated heterocycles. The lowest BCUT2D eigenvalue weighted by Gasteiger charge is -2.66. The lowest BCUT2D eigenvalue weighted by molar-refractivity contribution is -0.402. The van der Waals surface area contributed by atoms with Crippen LogP contribution in [0.15, 0.2) is 0 Å². The highest BCUT2D eigenvalue weighted by atomic mass is 16.8. The Bertz CT molecular complexity index is 1390. The molecule has 4 aliphatic carbocycles. The van der Waals surface area contributed by atoms with Crippen molar-refractivity contribution >= 4 is 5.97 Å². The molecule has 0 aromatic rings. The maximum atomic E-state index is 12.7. The summed E-state index contributed by atoms with van der Waals surface area (Å²) in [6.45, 7) is 6.37. The summed E-state index contributed by atoms with van der Waals surface area (Å²) >= 11 is 0. The zero-order valence-electron chi connectivity index (χ0n) is 32.0. The molecule has 55 heavy (non-hydrogen) atoms. The molecular weight excluding hydrogens is 728 g/mol. The summed E-state index contributed by atoms with van der Waals surface area (Å²) in [5.74, 6) is -0.498. The molecule has 10 N–H and O–H groups in total. The van der Waals surface area contributed by atoms with E-state index in [2.05, 4.69) is 13.8 Å². The van der Waals surface area contributed by atoms with E-state index in [4.69, 9.17) is 28.4 Å². The number of carbonyl (C=O) groups is 1. The molecule has 2 bridgehead atoms. The number of aliphatic hydroxyl groups excluding tert-OH is 9. The van der Waals surface area contributed by atoms with Gasteiger partial charge in [0.15, 0.2) is 18.9 Å². The highest BCUT2D eigenvalue weighted by Crippen LogP contribution is 2.74. The monoisotopic (exact) mass is 790 g/mol. The van der Waals surface area contributed by atoms with Gasteiger partial charge in [-0.25, -0.2) is 0 Å². The van der Waals surface area contributed by atoms with Gasteiger partial charge in [0.2, 0.25) is 0 Å². The summed E-state index contributed by atoms with van der Waals surface area (Å²) in [6, 6.07) is 0. The summed E-state index contributed by atoms with van der Waals surface area (Å²) in [5.41, 5.74) is -1.95. The molecule has 1 spiro atoms.